The number of rotatable bonds is 3. The highest BCUT2D eigenvalue weighted by atomic mass is 32.2. The Hall–Kier alpha value is -2.44. The molecule has 0 fully saturated rings. The first kappa shape index (κ1) is 17.9. The molecule has 0 aliphatic rings. The van der Waals surface area contributed by atoms with Gasteiger partial charge in [-0.25, -0.2) is 13.6 Å². The van der Waals surface area contributed by atoms with Crippen LogP contribution < -0.4 is 5.14 Å². The molecule has 0 unspecified atom stereocenters. The van der Waals surface area contributed by atoms with Crippen molar-refractivity contribution >= 4 is 10.0 Å². The Bertz CT molecular complexity index is 899. The number of nitrogens with two attached hydrogens (primary N) is 1. The maximum atomic E-state index is 11.3. The van der Waals surface area contributed by atoms with E-state index in [1.165, 1.54) is 12.1 Å². The lowest BCUT2D eigenvalue weighted by Gasteiger charge is -2.04. The molecule has 0 saturated heterocycles. The van der Waals surface area contributed by atoms with Crippen LogP contribution >= 0.6 is 0 Å². The predicted molar refractivity (Wildman–Crippen MR) is 94.8 cm³/mol. The van der Waals surface area contributed by atoms with Gasteiger partial charge in [0.25, 0.3) is 0 Å². The molecule has 2 N–H and O–H groups in total. The van der Waals surface area contributed by atoms with E-state index in [4.69, 9.17) is 9.66 Å². The molecule has 0 spiro atoms. The number of hydrogen-bond donors (Lipinski definition) is 1. The van der Waals surface area contributed by atoms with E-state index in [1.807, 2.05) is 51.1 Å². The Kier molecular flexibility index (Phi) is 5.54. The molecule has 24 heavy (non-hydrogen) atoms. The number of nitrogens with zero attached hydrogens (tertiary/aromatic N) is 1. The number of benzene rings is 2. The second kappa shape index (κ2) is 7.42. The maximum absolute atomic E-state index is 11.3. The fraction of sp³-hybridized carbons (Fsp3) is 0.167. The second-order valence-electron chi connectivity index (χ2n) is 4.90. The van der Waals surface area contributed by atoms with E-state index in [-0.39, 0.29) is 4.90 Å². The van der Waals surface area contributed by atoms with Crippen molar-refractivity contribution in [3.05, 3.63) is 60.4 Å². The fourth-order valence-corrected chi connectivity index (χ4v) is 2.83. The maximum Gasteiger partial charge on any atom is 0.238 e. The molecule has 2 aromatic carbocycles. The van der Waals surface area contributed by atoms with Gasteiger partial charge >= 0.3 is 0 Å². The second-order valence-corrected chi connectivity index (χ2v) is 6.46. The van der Waals surface area contributed by atoms with Crippen LogP contribution in [-0.2, 0) is 10.0 Å². The third kappa shape index (κ3) is 3.72. The van der Waals surface area contributed by atoms with Gasteiger partial charge in [0, 0.05) is 5.56 Å². The first-order valence-electron chi connectivity index (χ1n) is 7.62. The first-order valence-corrected chi connectivity index (χ1v) is 9.16. The zero-order valence-corrected chi connectivity index (χ0v) is 14.7. The van der Waals surface area contributed by atoms with E-state index in [9.17, 15) is 8.42 Å². The molecule has 5 nitrogen and oxygen atoms in total. The Balaban J connectivity index is 0.00000100. The minimum absolute atomic E-state index is 0.0756. The fourth-order valence-electron chi connectivity index (χ4n) is 2.32. The van der Waals surface area contributed by atoms with Crippen LogP contribution in [0, 0.1) is 6.92 Å². The molecule has 0 radical (unpaired) electrons. The summed E-state index contributed by atoms with van der Waals surface area (Å²) in [6.07, 6.45) is 0. The van der Waals surface area contributed by atoms with Crippen molar-refractivity contribution in [3.8, 4) is 22.4 Å². The summed E-state index contributed by atoms with van der Waals surface area (Å²) in [6, 6.07) is 16.0. The predicted octanol–water partition coefficient (Wildman–Crippen LogP) is 3.99. The van der Waals surface area contributed by atoms with E-state index in [2.05, 4.69) is 5.16 Å². The van der Waals surface area contributed by atoms with Crippen molar-refractivity contribution in [1.29, 1.82) is 0 Å². The van der Waals surface area contributed by atoms with Crippen LogP contribution in [0.4, 0.5) is 0 Å². The van der Waals surface area contributed by atoms with E-state index < -0.39 is 10.0 Å². The highest BCUT2D eigenvalue weighted by molar-refractivity contribution is 7.89. The molecule has 0 atom stereocenters. The first-order chi connectivity index (χ1) is 11.5. The van der Waals surface area contributed by atoms with Crippen LogP contribution in [0.15, 0.2) is 64.0 Å². The lowest BCUT2D eigenvalue weighted by molar-refractivity contribution is 0.400. The number of aryl methyl sites for hydroxylation is 1. The van der Waals surface area contributed by atoms with Gasteiger partial charge in [-0.05, 0) is 24.6 Å². The summed E-state index contributed by atoms with van der Waals surface area (Å²) in [7, 11) is -3.70. The van der Waals surface area contributed by atoms with Crippen molar-refractivity contribution < 1.29 is 12.9 Å². The van der Waals surface area contributed by atoms with Gasteiger partial charge in [0.05, 0.1) is 10.5 Å². The van der Waals surface area contributed by atoms with Crippen LogP contribution in [0.2, 0.25) is 0 Å². The van der Waals surface area contributed by atoms with E-state index in [0.717, 1.165) is 22.4 Å². The Morgan fingerprint density at radius 2 is 1.50 bits per heavy atom. The lowest BCUT2D eigenvalue weighted by atomic mass is 10.00. The summed E-state index contributed by atoms with van der Waals surface area (Å²) < 4.78 is 28.0. The largest absolute Gasteiger partial charge is 0.360 e. The lowest BCUT2D eigenvalue weighted by Crippen LogP contribution is -2.11. The minimum Gasteiger partial charge on any atom is -0.360 e. The Labute approximate surface area is 142 Å². The highest BCUT2D eigenvalue weighted by Crippen LogP contribution is 2.34. The summed E-state index contributed by atoms with van der Waals surface area (Å²) in [6.45, 7) is 5.82. The third-order valence-electron chi connectivity index (χ3n) is 3.38. The topological polar surface area (TPSA) is 86.2 Å². The van der Waals surface area contributed by atoms with Crippen molar-refractivity contribution in [3.63, 3.8) is 0 Å². The molecule has 126 valence electrons. The van der Waals surface area contributed by atoms with Crippen LogP contribution in [0.1, 0.15) is 19.6 Å². The standard InChI is InChI=1S/C16H14N2O3S.C2H6/c1-11-15(12-7-9-14(10-8-12)22(17,19)20)16(18-21-11)13-5-3-2-4-6-13;1-2/h2-10H,1H3,(H2,17,19,20);1-2H3. The average Bonchev–Trinajstić information content (AvgIpc) is 2.98. The van der Waals surface area contributed by atoms with Gasteiger partial charge in [-0.2, -0.15) is 0 Å². The van der Waals surface area contributed by atoms with Crippen LogP contribution in [-0.4, -0.2) is 13.6 Å². The molecule has 1 heterocycles. The van der Waals surface area contributed by atoms with Crippen LogP contribution in [0.5, 0.6) is 0 Å². The van der Waals surface area contributed by atoms with Gasteiger partial charge in [0.2, 0.25) is 10.0 Å². The molecule has 3 rings (SSSR count). The van der Waals surface area contributed by atoms with Gasteiger partial charge in [-0.15, -0.1) is 0 Å². The Morgan fingerprint density at radius 3 is 2.04 bits per heavy atom. The number of sulfonamides is 1. The van der Waals surface area contributed by atoms with Gasteiger partial charge in [0.15, 0.2) is 0 Å². The van der Waals surface area contributed by atoms with E-state index in [0.29, 0.717) is 5.76 Å². The molecule has 0 aliphatic heterocycles. The van der Waals surface area contributed by atoms with Gasteiger partial charge in [0.1, 0.15) is 11.5 Å². The molecule has 0 amide bonds. The molecular formula is C18H20N2O3S. The molecule has 0 bridgehead atoms. The third-order valence-corrected chi connectivity index (χ3v) is 4.31. The molecular weight excluding hydrogens is 324 g/mol. The van der Waals surface area contributed by atoms with E-state index in [1.54, 1.807) is 12.1 Å². The molecule has 6 heteroatoms. The summed E-state index contributed by atoms with van der Waals surface area (Å²) in [5.41, 5.74) is 3.32. The van der Waals surface area contributed by atoms with Gasteiger partial charge < -0.3 is 4.52 Å². The quantitative estimate of drug-likeness (QED) is 0.778. The van der Waals surface area contributed by atoms with E-state index >= 15 is 0 Å². The average molecular weight is 344 g/mol. The normalized spacial score (nSPS) is 10.8. The summed E-state index contributed by atoms with van der Waals surface area (Å²) in [5, 5.41) is 9.23. The smallest absolute Gasteiger partial charge is 0.238 e. The zero-order valence-electron chi connectivity index (χ0n) is 13.9. The molecule has 3 aromatic rings. The number of aromatic nitrogens is 1. The van der Waals surface area contributed by atoms with Crippen LogP contribution in [0.25, 0.3) is 22.4 Å². The van der Waals surface area contributed by atoms with Gasteiger partial charge in [-0.1, -0.05) is 61.5 Å². The molecule has 1 aromatic heterocycles. The van der Waals surface area contributed by atoms with Crippen molar-refractivity contribution in [1.82, 2.24) is 5.16 Å². The molecule has 0 aliphatic carbocycles. The zero-order chi connectivity index (χ0) is 17.7. The Morgan fingerprint density at radius 1 is 0.917 bits per heavy atom. The summed E-state index contributed by atoms with van der Waals surface area (Å²) in [4.78, 5) is 0.0756. The van der Waals surface area contributed by atoms with Crippen LogP contribution in [0.3, 0.4) is 0 Å². The van der Waals surface area contributed by atoms with Crippen molar-refractivity contribution in [2.24, 2.45) is 5.14 Å². The van der Waals surface area contributed by atoms with Crippen molar-refractivity contribution in [2.75, 3.05) is 0 Å². The number of primary sulfonamides is 1. The van der Waals surface area contributed by atoms with Crippen molar-refractivity contribution in [2.45, 2.75) is 25.7 Å². The molecule has 0 saturated carbocycles. The summed E-state index contributed by atoms with van der Waals surface area (Å²) >= 11 is 0. The summed E-state index contributed by atoms with van der Waals surface area (Å²) in [5.74, 6) is 0.669. The monoisotopic (exact) mass is 344 g/mol. The minimum atomic E-state index is -3.70. The SMILES string of the molecule is CC.Cc1onc(-c2ccccc2)c1-c1ccc(S(N)(=O)=O)cc1. The highest BCUT2D eigenvalue weighted by Gasteiger charge is 2.17. The number of hydrogen-bond acceptors (Lipinski definition) is 4. The van der Waals surface area contributed by atoms with Gasteiger partial charge in [-0.3, -0.25) is 0 Å².